The summed E-state index contributed by atoms with van der Waals surface area (Å²) in [6.45, 7) is 5.46. The summed E-state index contributed by atoms with van der Waals surface area (Å²) in [4.78, 5) is 2.59. The largest absolute Gasteiger partial charge is 0.384 e. The van der Waals surface area contributed by atoms with Crippen molar-refractivity contribution in [3.8, 4) is 0 Å². The first-order valence-electron chi connectivity index (χ1n) is 6.22. The second-order valence-electron chi connectivity index (χ2n) is 5.25. The molecule has 1 saturated carbocycles. The van der Waals surface area contributed by atoms with E-state index in [0.717, 1.165) is 25.5 Å². The van der Waals surface area contributed by atoms with E-state index in [9.17, 15) is 0 Å². The van der Waals surface area contributed by atoms with Crippen LogP contribution in [0.3, 0.4) is 0 Å². The Labute approximate surface area is 93.0 Å². The topological polar surface area (TPSA) is 38.5 Å². The van der Waals surface area contributed by atoms with Crippen molar-refractivity contribution in [3.05, 3.63) is 0 Å². The fourth-order valence-corrected chi connectivity index (χ4v) is 3.26. The van der Waals surface area contributed by atoms with Gasteiger partial charge in [-0.05, 0) is 37.8 Å². The normalized spacial score (nSPS) is 29.6. The molecule has 0 bridgehead atoms. The van der Waals surface area contributed by atoms with Crippen LogP contribution in [0.4, 0.5) is 0 Å². The third kappa shape index (κ3) is 2.19. The quantitative estimate of drug-likeness (QED) is 0.741. The van der Waals surface area contributed by atoms with Gasteiger partial charge in [-0.1, -0.05) is 6.42 Å². The number of methoxy groups -OCH3 is 1. The molecule has 1 saturated heterocycles. The summed E-state index contributed by atoms with van der Waals surface area (Å²) >= 11 is 0. The summed E-state index contributed by atoms with van der Waals surface area (Å²) in [5, 5.41) is 0. The van der Waals surface area contributed by atoms with Gasteiger partial charge in [0, 0.05) is 26.1 Å². The molecule has 2 rings (SSSR count). The number of nitrogens with two attached hydrogens (primary N) is 1. The van der Waals surface area contributed by atoms with Crippen LogP contribution in [0.15, 0.2) is 0 Å². The van der Waals surface area contributed by atoms with E-state index >= 15 is 0 Å². The van der Waals surface area contributed by atoms with Crippen molar-refractivity contribution in [1.82, 2.24) is 4.90 Å². The maximum absolute atomic E-state index is 5.56. The number of ether oxygens (including phenoxy) is 1. The Morgan fingerprint density at radius 2 is 2.27 bits per heavy atom. The average molecular weight is 212 g/mol. The molecule has 1 aliphatic carbocycles. The molecule has 15 heavy (non-hydrogen) atoms. The Hall–Kier alpha value is -0.120. The minimum atomic E-state index is 0.616. The van der Waals surface area contributed by atoms with Gasteiger partial charge in [0.1, 0.15) is 0 Å². The lowest BCUT2D eigenvalue weighted by molar-refractivity contribution is 0.0368. The van der Waals surface area contributed by atoms with Crippen LogP contribution in [0.1, 0.15) is 25.7 Å². The van der Waals surface area contributed by atoms with Gasteiger partial charge in [-0.2, -0.15) is 0 Å². The van der Waals surface area contributed by atoms with Crippen molar-refractivity contribution in [2.75, 3.05) is 39.9 Å². The van der Waals surface area contributed by atoms with Gasteiger partial charge in [0.2, 0.25) is 0 Å². The second-order valence-corrected chi connectivity index (χ2v) is 5.25. The molecular formula is C12H24N2O. The van der Waals surface area contributed by atoms with Crippen molar-refractivity contribution < 1.29 is 4.74 Å². The van der Waals surface area contributed by atoms with E-state index in [4.69, 9.17) is 10.5 Å². The lowest BCUT2D eigenvalue weighted by Gasteiger charge is -2.42. The third-order valence-corrected chi connectivity index (χ3v) is 4.28. The van der Waals surface area contributed by atoms with Crippen LogP contribution >= 0.6 is 0 Å². The molecule has 0 aromatic carbocycles. The zero-order chi connectivity index (χ0) is 10.7. The summed E-state index contributed by atoms with van der Waals surface area (Å²) in [7, 11) is 1.83. The summed E-state index contributed by atoms with van der Waals surface area (Å²) in [5.41, 5.74) is 6.18. The van der Waals surface area contributed by atoms with Crippen LogP contribution in [0.25, 0.3) is 0 Å². The van der Waals surface area contributed by atoms with Gasteiger partial charge in [-0.3, -0.25) is 0 Å². The molecule has 0 aromatic heterocycles. The Kier molecular flexibility index (Phi) is 3.65. The Morgan fingerprint density at radius 1 is 1.47 bits per heavy atom. The van der Waals surface area contributed by atoms with E-state index < -0.39 is 0 Å². The molecule has 0 amide bonds. The SMILES string of the molecule is COC[C@H]1CN(CCCN)CC12CCC2. The molecule has 3 nitrogen and oxygen atoms in total. The average Bonchev–Trinajstić information content (AvgIpc) is 2.54. The molecule has 0 unspecified atom stereocenters. The number of nitrogens with zero attached hydrogens (tertiary/aromatic N) is 1. The molecule has 1 atom stereocenters. The second kappa shape index (κ2) is 4.81. The van der Waals surface area contributed by atoms with Crippen molar-refractivity contribution >= 4 is 0 Å². The molecule has 1 aliphatic heterocycles. The number of hydrogen-bond acceptors (Lipinski definition) is 3. The maximum Gasteiger partial charge on any atom is 0.0508 e. The zero-order valence-corrected chi connectivity index (χ0v) is 9.87. The molecule has 2 N–H and O–H groups in total. The fourth-order valence-electron chi connectivity index (χ4n) is 3.26. The molecule has 2 fully saturated rings. The van der Waals surface area contributed by atoms with Gasteiger partial charge in [0.25, 0.3) is 0 Å². The predicted octanol–water partition coefficient (Wildman–Crippen LogP) is 1.08. The highest BCUT2D eigenvalue weighted by Crippen LogP contribution is 2.51. The van der Waals surface area contributed by atoms with Crippen LogP contribution in [-0.4, -0.2) is 44.8 Å². The number of likely N-dealkylation sites (tertiary alicyclic amines) is 1. The lowest BCUT2D eigenvalue weighted by atomic mass is 9.63. The predicted molar refractivity (Wildman–Crippen MR) is 61.8 cm³/mol. The standard InChI is InChI=1S/C12H24N2O/c1-15-9-11-8-14(7-3-6-13)10-12(11)4-2-5-12/h11H,2-10,13H2,1H3/t11-/m1/s1. The Bertz CT molecular complexity index is 204. The molecule has 0 aromatic rings. The smallest absolute Gasteiger partial charge is 0.0508 e. The first-order chi connectivity index (χ1) is 7.30. The molecule has 0 radical (unpaired) electrons. The minimum absolute atomic E-state index is 0.616. The molecule has 2 aliphatic rings. The summed E-state index contributed by atoms with van der Waals surface area (Å²) in [6.07, 6.45) is 5.39. The van der Waals surface area contributed by atoms with E-state index in [0.29, 0.717) is 5.41 Å². The van der Waals surface area contributed by atoms with Crippen molar-refractivity contribution in [2.45, 2.75) is 25.7 Å². The van der Waals surface area contributed by atoms with Crippen molar-refractivity contribution in [3.63, 3.8) is 0 Å². The highest BCUT2D eigenvalue weighted by Gasteiger charge is 2.49. The van der Waals surface area contributed by atoms with E-state index in [2.05, 4.69) is 4.90 Å². The van der Waals surface area contributed by atoms with Gasteiger partial charge in [-0.15, -0.1) is 0 Å². The van der Waals surface area contributed by atoms with Crippen LogP contribution in [0.5, 0.6) is 0 Å². The highest BCUT2D eigenvalue weighted by molar-refractivity contribution is 5.01. The van der Waals surface area contributed by atoms with Gasteiger partial charge in [0.05, 0.1) is 6.61 Å². The van der Waals surface area contributed by atoms with Crippen LogP contribution in [0.2, 0.25) is 0 Å². The first kappa shape index (κ1) is 11.4. The monoisotopic (exact) mass is 212 g/mol. The fraction of sp³-hybridized carbons (Fsp3) is 1.00. The molecule has 1 spiro atoms. The summed E-state index contributed by atoms with van der Waals surface area (Å²) in [5.74, 6) is 0.772. The van der Waals surface area contributed by atoms with Gasteiger partial charge in [-0.25, -0.2) is 0 Å². The highest BCUT2D eigenvalue weighted by atomic mass is 16.5. The van der Waals surface area contributed by atoms with Crippen LogP contribution < -0.4 is 5.73 Å². The zero-order valence-electron chi connectivity index (χ0n) is 9.87. The van der Waals surface area contributed by atoms with E-state index in [1.807, 2.05) is 7.11 Å². The summed E-state index contributed by atoms with van der Waals surface area (Å²) in [6, 6.07) is 0. The van der Waals surface area contributed by atoms with E-state index in [1.54, 1.807) is 0 Å². The Morgan fingerprint density at radius 3 is 2.80 bits per heavy atom. The molecule has 1 heterocycles. The van der Waals surface area contributed by atoms with E-state index in [1.165, 1.54) is 38.9 Å². The minimum Gasteiger partial charge on any atom is -0.384 e. The Balaban J connectivity index is 1.88. The first-order valence-corrected chi connectivity index (χ1v) is 6.22. The van der Waals surface area contributed by atoms with Crippen molar-refractivity contribution in [2.24, 2.45) is 17.1 Å². The number of rotatable bonds is 5. The molecule has 3 heteroatoms. The van der Waals surface area contributed by atoms with E-state index in [-0.39, 0.29) is 0 Å². The van der Waals surface area contributed by atoms with Crippen LogP contribution in [0, 0.1) is 11.3 Å². The van der Waals surface area contributed by atoms with Crippen molar-refractivity contribution in [1.29, 1.82) is 0 Å². The maximum atomic E-state index is 5.56. The molecule has 88 valence electrons. The lowest BCUT2D eigenvalue weighted by Crippen LogP contribution is -2.39. The van der Waals surface area contributed by atoms with Gasteiger partial charge < -0.3 is 15.4 Å². The third-order valence-electron chi connectivity index (χ3n) is 4.28. The van der Waals surface area contributed by atoms with Gasteiger partial charge in [0.15, 0.2) is 0 Å². The number of hydrogen-bond donors (Lipinski definition) is 1. The van der Waals surface area contributed by atoms with Crippen LogP contribution in [-0.2, 0) is 4.74 Å². The van der Waals surface area contributed by atoms with Gasteiger partial charge >= 0.3 is 0 Å². The molecular weight excluding hydrogens is 188 g/mol. The summed E-state index contributed by atoms with van der Waals surface area (Å²) < 4.78 is 5.36.